The first-order valence-corrected chi connectivity index (χ1v) is 4.07. The van der Waals surface area contributed by atoms with Crippen LogP contribution in [0.4, 0.5) is 0 Å². The maximum Gasteiger partial charge on any atom is 0.328 e. The van der Waals surface area contributed by atoms with Gasteiger partial charge in [-0.05, 0) is 19.1 Å². The molecule has 0 spiro atoms. The van der Waals surface area contributed by atoms with Crippen LogP contribution in [0.5, 0.6) is 0 Å². The van der Waals surface area contributed by atoms with E-state index in [4.69, 9.17) is 4.42 Å². The third-order valence-electron chi connectivity index (χ3n) is 1.65. The van der Waals surface area contributed by atoms with Gasteiger partial charge >= 0.3 is 5.97 Å². The largest absolute Gasteiger partial charge is 0.467 e. The second-order valence-electron chi connectivity index (χ2n) is 2.70. The Morgan fingerprint density at radius 1 is 1.57 bits per heavy atom. The van der Waals surface area contributed by atoms with Gasteiger partial charge in [-0.3, -0.25) is 4.79 Å². The summed E-state index contributed by atoms with van der Waals surface area (Å²) in [6.45, 7) is 1.53. The Labute approximate surface area is 81.0 Å². The summed E-state index contributed by atoms with van der Waals surface area (Å²) in [6.07, 6.45) is 1.39. The smallest absolute Gasteiger partial charge is 0.328 e. The average Bonchev–Trinajstić information content (AvgIpc) is 2.69. The van der Waals surface area contributed by atoms with Crippen molar-refractivity contribution in [1.29, 1.82) is 0 Å². The van der Waals surface area contributed by atoms with Crippen molar-refractivity contribution < 1.29 is 18.7 Å². The molecule has 0 bridgehead atoms. The molecule has 76 valence electrons. The minimum Gasteiger partial charge on any atom is -0.467 e. The molecule has 0 saturated heterocycles. The van der Waals surface area contributed by atoms with E-state index in [9.17, 15) is 9.59 Å². The molecule has 5 nitrogen and oxygen atoms in total. The lowest BCUT2D eigenvalue weighted by Gasteiger charge is -2.09. The number of hydrogen-bond acceptors (Lipinski definition) is 4. The number of furan rings is 1. The Hall–Kier alpha value is -1.78. The van der Waals surface area contributed by atoms with E-state index in [1.54, 1.807) is 6.07 Å². The molecular formula is C9H11NO4. The monoisotopic (exact) mass is 197 g/mol. The third-order valence-corrected chi connectivity index (χ3v) is 1.65. The van der Waals surface area contributed by atoms with Crippen molar-refractivity contribution in [3.63, 3.8) is 0 Å². The lowest BCUT2D eigenvalue weighted by molar-refractivity contribution is -0.142. The van der Waals surface area contributed by atoms with Crippen molar-refractivity contribution in [1.82, 2.24) is 5.32 Å². The Bertz CT molecular complexity index is 318. The maximum absolute atomic E-state index is 11.3. The van der Waals surface area contributed by atoms with Crippen LogP contribution in [-0.4, -0.2) is 25.0 Å². The summed E-state index contributed by atoms with van der Waals surface area (Å²) in [4.78, 5) is 22.3. The second kappa shape index (κ2) is 4.45. The highest BCUT2D eigenvalue weighted by molar-refractivity contribution is 5.94. The molecule has 1 atom stereocenters. The van der Waals surface area contributed by atoms with Gasteiger partial charge in [-0.2, -0.15) is 0 Å². The van der Waals surface area contributed by atoms with E-state index in [-0.39, 0.29) is 5.76 Å². The fourth-order valence-electron chi connectivity index (χ4n) is 0.911. The van der Waals surface area contributed by atoms with Gasteiger partial charge in [0.1, 0.15) is 6.04 Å². The van der Waals surface area contributed by atoms with Crippen molar-refractivity contribution >= 4 is 11.9 Å². The molecule has 0 radical (unpaired) electrons. The molecule has 0 aromatic carbocycles. The van der Waals surface area contributed by atoms with Crippen LogP contribution in [0.3, 0.4) is 0 Å². The van der Waals surface area contributed by atoms with Crippen LogP contribution in [0.15, 0.2) is 22.8 Å². The van der Waals surface area contributed by atoms with Crippen LogP contribution in [0.25, 0.3) is 0 Å². The molecular weight excluding hydrogens is 186 g/mol. The molecule has 1 amide bonds. The molecule has 1 rings (SSSR count). The summed E-state index contributed by atoms with van der Waals surface area (Å²) in [5, 5.41) is 2.43. The van der Waals surface area contributed by atoms with Crippen molar-refractivity contribution in [3.05, 3.63) is 24.2 Å². The van der Waals surface area contributed by atoms with Crippen molar-refractivity contribution in [2.45, 2.75) is 13.0 Å². The molecule has 14 heavy (non-hydrogen) atoms. The Morgan fingerprint density at radius 2 is 2.29 bits per heavy atom. The summed E-state index contributed by atoms with van der Waals surface area (Å²) in [5.41, 5.74) is 0. The predicted molar refractivity (Wildman–Crippen MR) is 47.7 cm³/mol. The number of carbonyl (C=O) groups excluding carboxylic acids is 2. The van der Waals surface area contributed by atoms with Crippen LogP contribution in [0.1, 0.15) is 17.5 Å². The van der Waals surface area contributed by atoms with E-state index in [0.717, 1.165) is 0 Å². The van der Waals surface area contributed by atoms with Crippen LogP contribution in [0.2, 0.25) is 0 Å². The summed E-state index contributed by atoms with van der Waals surface area (Å²) < 4.78 is 9.29. The third kappa shape index (κ3) is 2.35. The summed E-state index contributed by atoms with van der Waals surface area (Å²) in [6, 6.07) is 2.43. The zero-order valence-electron chi connectivity index (χ0n) is 7.94. The Balaban J connectivity index is 2.53. The average molecular weight is 197 g/mol. The van der Waals surface area contributed by atoms with E-state index in [2.05, 4.69) is 10.1 Å². The van der Waals surface area contributed by atoms with Crippen LogP contribution in [0, 0.1) is 0 Å². The first-order chi connectivity index (χ1) is 6.65. The molecule has 1 aromatic heterocycles. The number of amides is 1. The first kappa shape index (κ1) is 10.3. The molecule has 0 aliphatic carbocycles. The van der Waals surface area contributed by atoms with Gasteiger partial charge < -0.3 is 14.5 Å². The molecule has 0 aliphatic rings. The summed E-state index contributed by atoms with van der Waals surface area (Å²) >= 11 is 0. The number of esters is 1. The van der Waals surface area contributed by atoms with Crippen LogP contribution >= 0.6 is 0 Å². The highest BCUT2D eigenvalue weighted by Crippen LogP contribution is 2.00. The molecule has 1 unspecified atom stereocenters. The molecule has 0 saturated carbocycles. The van der Waals surface area contributed by atoms with Gasteiger partial charge in [0, 0.05) is 0 Å². The summed E-state index contributed by atoms with van der Waals surface area (Å²) in [7, 11) is 1.26. The van der Waals surface area contributed by atoms with Gasteiger partial charge in [-0.1, -0.05) is 0 Å². The van der Waals surface area contributed by atoms with Crippen LogP contribution < -0.4 is 5.32 Å². The number of ether oxygens (including phenoxy) is 1. The highest BCUT2D eigenvalue weighted by atomic mass is 16.5. The van der Waals surface area contributed by atoms with Gasteiger partial charge in [0.05, 0.1) is 13.4 Å². The van der Waals surface area contributed by atoms with Gasteiger partial charge in [-0.25, -0.2) is 4.79 Å². The standard InChI is InChI=1S/C9H11NO4/c1-6(9(12)13-2)10-8(11)7-4-3-5-14-7/h3-6H,1-2H3,(H,10,11). The highest BCUT2D eigenvalue weighted by Gasteiger charge is 2.17. The zero-order chi connectivity index (χ0) is 10.6. The fraction of sp³-hybridized carbons (Fsp3) is 0.333. The lowest BCUT2D eigenvalue weighted by Crippen LogP contribution is -2.38. The number of methoxy groups -OCH3 is 1. The number of hydrogen-bond donors (Lipinski definition) is 1. The maximum atomic E-state index is 11.3. The topological polar surface area (TPSA) is 68.5 Å². The predicted octanol–water partition coefficient (Wildman–Crippen LogP) is 0.571. The minimum absolute atomic E-state index is 0.167. The number of carbonyl (C=O) groups is 2. The normalized spacial score (nSPS) is 11.9. The molecule has 1 N–H and O–H groups in total. The number of nitrogens with one attached hydrogen (secondary N) is 1. The van der Waals surface area contributed by atoms with Crippen molar-refractivity contribution in [3.8, 4) is 0 Å². The van der Waals surface area contributed by atoms with Gasteiger partial charge in [0.25, 0.3) is 5.91 Å². The number of rotatable bonds is 3. The van der Waals surface area contributed by atoms with E-state index < -0.39 is 17.9 Å². The van der Waals surface area contributed by atoms with E-state index >= 15 is 0 Å². The molecule has 0 aliphatic heterocycles. The minimum atomic E-state index is -0.683. The Morgan fingerprint density at radius 3 is 2.79 bits per heavy atom. The van der Waals surface area contributed by atoms with Crippen molar-refractivity contribution in [2.24, 2.45) is 0 Å². The van der Waals surface area contributed by atoms with E-state index in [1.165, 1.54) is 26.4 Å². The van der Waals surface area contributed by atoms with Gasteiger partial charge in [0.15, 0.2) is 5.76 Å². The fourth-order valence-corrected chi connectivity index (χ4v) is 0.911. The molecule has 1 aromatic rings. The van der Waals surface area contributed by atoms with Crippen LogP contribution in [-0.2, 0) is 9.53 Å². The van der Waals surface area contributed by atoms with E-state index in [1.807, 2.05) is 0 Å². The van der Waals surface area contributed by atoms with Gasteiger partial charge in [0.2, 0.25) is 0 Å². The quantitative estimate of drug-likeness (QED) is 0.719. The first-order valence-electron chi connectivity index (χ1n) is 4.07. The zero-order valence-corrected chi connectivity index (χ0v) is 7.94. The molecule has 1 heterocycles. The van der Waals surface area contributed by atoms with Crippen molar-refractivity contribution in [2.75, 3.05) is 7.11 Å². The lowest BCUT2D eigenvalue weighted by atomic mass is 10.3. The SMILES string of the molecule is COC(=O)C(C)NC(=O)c1ccco1. The summed E-state index contributed by atoms with van der Waals surface area (Å²) in [5.74, 6) is -0.765. The second-order valence-corrected chi connectivity index (χ2v) is 2.70. The molecule has 0 fully saturated rings. The van der Waals surface area contributed by atoms with Gasteiger partial charge in [-0.15, -0.1) is 0 Å². The Kier molecular flexibility index (Phi) is 3.28. The van der Waals surface area contributed by atoms with E-state index in [0.29, 0.717) is 0 Å². The molecule has 5 heteroatoms.